The Morgan fingerprint density at radius 2 is 2.00 bits per heavy atom. The Kier molecular flexibility index (Phi) is 5.05. The van der Waals surface area contributed by atoms with Gasteiger partial charge in [0.2, 0.25) is 0 Å². The normalized spacial score (nSPS) is 19.7. The molecule has 1 heterocycles. The summed E-state index contributed by atoms with van der Waals surface area (Å²) in [5.41, 5.74) is 4.42. The van der Waals surface area contributed by atoms with Crippen molar-refractivity contribution in [2.24, 2.45) is 0 Å². The lowest BCUT2D eigenvalue weighted by molar-refractivity contribution is 0.0992. The van der Waals surface area contributed by atoms with Crippen molar-refractivity contribution in [1.82, 2.24) is 10.2 Å². The Morgan fingerprint density at radius 1 is 1.19 bits per heavy atom. The predicted molar refractivity (Wildman–Crippen MR) is 106 cm³/mol. The average molecular weight is 363 g/mol. The number of aryl methyl sites for hydroxylation is 1. The van der Waals surface area contributed by atoms with Crippen molar-refractivity contribution >= 4 is 17.4 Å². The van der Waals surface area contributed by atoms with Crippen LogP contribution in [0.2, 0.25) is 0 Å². The van der Waals surface area contributed by atoms with E-state index in [1.165, 1.54) is 5.56 Å². The van der Waals surface area contributed by atoms with E-state index in [2.05, 4.69) is 22.5 Å². The maximum atomic E-state index is 12.5. The molecule has 1 atom stereocenters. The van der Waals surface area contributed by atoms with Gasteiger partial charge in [-0.1, -0.05) is 12.1 Å². The Balaban J connectivity index is 1.40. The number of nitrogens with one attached hydrogen (secondary N) is 2. The molecule has 0 radical (unpaired) electrons. The average Bonchev–Trinajstić information content (AvgIpc) is 3.04. The fraction of sp³-hybridized carbons (Fsp3) is 0.364. The highest BCUT2D eigenvalue weighted by Crippen LogP contribution is 2.25. The maximum Gasteiger partial charge on any atom is 0.255 e. The summed E-state index contributed by atoms with van der Waals surface area (Å²) in [6.07, 6.45) is 1.33. The van der Waals surface area contributed by atoms with E-state index in [4.69, 9.17) is 0 Å². The number of benzene rings is 2. The number of carbonyl (C=O) groups excluding carboxylic acids is 2. The minimum Gasteiger partial charge on any atom is -0.322 e. The largest absolute Gasteiger partial charge is 0.322 e. The van der Waals surface area contributed by atoms with Crippen LogP contribution in [0.25, 0.3) is 0 Å². The molecule has 0 saturated carbocycles. The van der Waals surface area contributed by atoms with Crippen LogP contribution in [0.3, 0.4) is 0 Å². The summed E-state index contributed by atoms with van der Waals surface area (Å²) in [6.45, 7) is 6.23. The maximum absolute atomic E-state index is 12.5. The molecule has 5 heteroatoms. The summed E-state index contributed by atoms with van der Waals surface area (Å²) in [4.78, 5) is 26.7. The van der Waals surface area contributed by atoms with Gasteiger partial charge in [-0.25, -0.2) is 0 Å². The summed E-state index contributed by atoms with van der Waals surface area (Å²) >= 11 is 0. The summed E-state index contributed by atoms with van der Waals surface area (Å²) in [5, 5.41) is 6.34. The molecule has 0 unspecified atom stereocenters. The van der Waals surface area contributed by atoms with Crippen molar-refractivity contribution < 1.29 is 9.59 Å². The standard InChI is InChI=1S/C22H25N3O2/c1-15-13-23-10-11-25(15)14-16-2-4-17(5-3-16)22(27)24-19-7-8-20-18(12-19)6-9-21(20)26/h2-5,7-8,12,15,23H,6,9-11,13-14H2,1H3,(H,24,27)/t15-/m1/s1. The van der Waals surface area contributed by atoms with Crippen LogP contribution >= 0.6 is 0 Å². The zero-order chi connectivity index (χ0) is 18.8. The van der Waals surface area contributed by atoms with Crippen molar-refractivity contribution in [3.05, 3.63) is 64.7 Å². The van der Waals surface area contributed by atoms with Crippen LogP contribution in [0.15, 0.2) is 42.5 Å². The molecule has 0 bridgehead atoms. The molecule has 1 saturated heterocycles. The van der Waals surface area contributed by atoms with E-state index in [1.807, 2.05) is 36.4 Å². The minimum atomic E-state index is -0.124. The van der Waals surface area contributed by atoms with E-state index in [0.717, 1.165) is 49.4 Å². The number of piperazine rings is 1. The second kappa shape index (κ2) is 7.62. The third kappa shape index (κ3) is 3.94. The van der Waals surface area contributed by atoms with Crippen molar-refractivity contribution in [1.29, 1.82) is 0 Å². The molecule has 27 heavy (non-hydrogen) atoms. The first-order valence-corrected chi connectivity index (χ1v) is 9.61. The van der Waals surface area contributed by atoms with Gasteiger partial charge in [0.05, 0.1) is 0 Å². The van der Waals surface area contributed by atoms with Crippen LogP contribution < -0.4 is 10.6 Å². The molecule has 0 aromatic heterocycles. The monoisotopic (exact) mass is 363 g/mol. The van der Waals surface area contributed by atoms with Crippen molar-refractivity contribution in [3.63, 3.8) is 0 Å². The van der Waals surface area contributed by atoms with Gasteiger partial charge in [0, 0.05) is 55.5 Å². The topological polar surface area (TPSA) is 61.4 Å². The molecule has 2 aromatic rings. The SMILES string of the molecule is C[C@@H]1CNCCN1Cc1ccc(C(=O)Nc2ccc3c(c2)CCC3=O)cc1. The number of hydrogen-bond donors (Lipinski definition) is 2. The first-order valence-electron chi connectivity index (χ1n) is 9.61. The van der Waals surface area contributed by atoms with E-state index < -0.39 is 0 Å². The molecule has 2 aliphatic rings. The van der Waals surface area contributed by atoms with Crippen molar-refractivity contribution in [2.45, 2.75) is 32.4 Å². The predicted octanol–water partition coefficient (Wildman–Crippen LogP) is 2.86. The molecule has 1 fully saturated rings. The summed E-state index contributed by atoms with van der Waals surface area (Å²) in [5.74, 6) is 0.0682. The van der Waals surface area contributed by atoms with Crippen molar-refractivity contribution in [3.8, 4) is 0 Å². The van der Waals surface area contributed by atoms with E-state index in [9.17, 15) is 9.59 Å². The smallest absolute Gasteiger partial charge is 0.255 e. The van der Waals surface area contributed by atoms with Gasteiger partial charge in [-0.2, -0.15) is 0 Å². The van der Waals surface area contributed by atoms with Crippen LogP contribution in [0.5, 0.6) is 0 Å². The molecule has 2 aromatic carbocycles. The van der Waals surface area contributed by atoms with E-state index in [1.54, 1.807) is 6.07 Å². The van der Waals surface area contributed by atoms with Crippen LogP contribution in [-0.2, 0) is 13.0 Å². The molecule has 2 N–H and O–H groups in total. The Morgan fingerprint density at radius 3 is 2.78 bits per heavy atom. The van der Waals surface area contributed by atoms with Gasteiger partial charge < -0.3 is 10.6 Å². The number of carbonyl (C=O) groups is 2. The van der Waals surface area contributed by atoms with Crippen LogP contribution in [0.1, 0.15) is 45.2 Å². The second-order valence-corrected chi connectivity index (χ2v) is 7.47. The van der Waals surface area contributed by atoms with Gasteiger partial charge in [0.25, 0.3) is 5.91 Å². The molecular weight excluding hydrogens is 338 g/mol. The summed E-state index contributed by atoms with van der Waals surface area (Å²) in [7, 11) is 0. The van der Waals surface area contributed by atoms with Gasteiger partial charge in [0.15, 0.2) is 5.78 Å². The van der Waals surface area contributed by atoms with Crippen LogP contribution in [0.4, 0.5) is 5.69 Å². The van der Waals surface area contributed by atoms with E-state index in [0.29, 0.717) is 18.0 Å². The fourth-order valence-electron chi connectivity index (χ4n) is 3.85. The lowest BCUT2D eigenvalue weighted by Crippen LogP contribution is -2.49. The third-order valence-electron chi connectivity index (χ3n) is 5.53. The van der Waals surface area contributed by atoms with Crippen molar-refractivity contribution in [2.75, 3.05) is 25.0 Å². The molecule has 1 aliphatic carbocycles. The lowest BCUT2D eigenvalue weighted by atomic mass is 10.1. The fourth-order valence-corrected chi connectivity index (χ4v) is 3.85. The van der Waals surface area contributed by atoms with Gasteiger partial charge in [0.1, 0.15) is 0 Å². The summed E-state index contributed by atoms with van der Waals surface area (Å²) < 4.78 is 0. The number of anilines is 1. The number of nitrogens with zero attached hydrogens (tertiary/aromatic N) is 1. The molecule has 140 valence electrons. The van der Waals surface area contributed by atoms with E-state index in [-0.39, 0.29) is 11.7 Å². The zero-order valence-corrected chi connectivity index (χ0v) is 15.6. The van der Waals surface area contributed by atoms with Gasteiger partial charge in [-0.3, -0.25) is 14.5 Å². The number of Topliss-reactive ketones (excluding diaryl/α,β-unsaturated/α-hetero) is 1. The lowest BCUT2D eigenvalue weighted by Gasteiger charge is -2.33. The first kappa shape index (κ1) is 17.9. The third-order valence-corrected chi connectivity index (χ3v) is 5.53. The molecule has 5 nitrogen and oxygen atoms in total. The molecular formula is C22H25N3O2. The Bertz CT molecular complexity index is 860. The first-order chi connectivity index (χ1) is 13.1. The molecule has 1 amide bonds. The van der Waals surface area contributed by atoms with Gasteiger partial charge in [-0.15, -0.1) is 0 Å². The Labute approximate surface area is 159 Å². The number of rotatable bonds is 4. The number of amides is 1. The highest BCUT2D eigenvalue weighted by Gasteiger charge is 2.20. The minimum absolute atomic E-state index is 0.124. The van der Waals surface area contributed by atoms with Crippen LogP contribution in [-0.4, -0.2) is 42.3 Å². The van der Waals surface area contributed by atoms with Gasteiger partial charge >= 0.3 is 0 Å². The Hall–Kier alpha value is -2.50. The number of hydrogen-bond acceptors (Lipinski definition) is 4. The number of fused-ring (bicyclic) bond motifs is 1. The van der Waals surface area contributed by atoms with Gasteiger partial charge in [-0.05, 0) is 54.8 Å². The van der Waals surface area contributed by atoms with E-state index >= 15 is 0 Å². The molecule has 1 aliphatic heterocycles. The second-order valence-electron chi connectivity index (χ2n) is 7.47. The quantitative estimate of drug-likeness (QED) is 0.877. The number of ketones is 1. The highest BCUT2D eigenvalue weighted by molar-refractivity contribution is 6.05. The summed E-state index contributed by atoms with van der Waals surface area (Å²) in [6, 6.07) is 13.9. The highest BCUT2D eigenvalue weighted by atomic mass is 16.1. The molecule has 4 rings (SSSR count). The zero-order valence-electron chi connectivity index (χ0n) is 15.6. The van der Waals surface area contributed by atoms with Crippen LogP contribution in [0, 0.1) is 0 Å². The molecule has 0 spiro atoms.